The maximum atomic E-state index is 12.9. The van der Waals surface area contributed by atoms with Crippen LogP contribution < -0.4 is 20.3 Å². The van der Waals surface area contributed by atoms with E-state index in [1.807, 2.05) is 27.7 Å². The van der Waals surface area contributed by atoms with E-state index < -0.39 is 0 Å². The predicted octanol–water partition coefficient (Wildman–Crippen LogP) is 3.16. The van der Waals surface area contributed by atoms with Crippen molar-refractivity contribution in [2.24, 2.45) is 0 Å². The Hall–Kier alpha value is -2.35. The van der Waals surface area contributed by atoms with E-state index >= 15 is 0 Å². The van der Waals surface area contributed by atoms with Crippen LogP contribution in [0.15, 0.2) is 16.9 Å². The van der Waals surface area contributed by atoms with Crippen LogP contribution in [0.4, 0.5) is 0 Å². The summed E-state index contributed by atoms with van der Waals surface area (Å²) in [6.07, 6.45) is 0.863. The molecular weight excluding hydrogens is 366 g/mol. The zero-order valence-electron chi connectivity index (χ0n) is 16.3. The Kier molecular flexibility index (Phi) is 7.41. The minimum absolute atomic E-state index is 0.0336. The quantitative estimate of drug-likeness (QED) is 0.639. The summed E-state index contributed by atoms with van der Waals surface area (Å²) in [4.78, 5) is 27.8. The number of hydrogen-bond acceptors (Lipinski definition) is 5. The Morgan fingerprint density at radius 1 is 1.22 bits per heavy atom. The second-order valence-corrected chi connectivity index (χ2v) is 6.81. The van der Waals surface area contributed by atoms with E-state index in [-0.39, 0.29) is 17.5 Å². The van der Waals surface area contributed by atoms with Crippen LogP contribution >= 0.6 is 12.2 Å². The summed E-state index contributed by atoms with van der Waals surface area (Å²) >= 11 is 5.34. The molecule has 1 heterocycles. The first-order chi connectivity index (χ1) is 12.9. The number of aromatic amines is 1. The van der Waals surface area contributed by atoms with Gasteiger partial charge in [0, 0.05) is 25.1 Å². The fourth-order valence-corrected chi connectivity index (χ4v) is 3.08. The Labute approximate surface area is 163 Å². The summed E-state index contributed by atoms with van der Waals surface area (Å²) in [6.45, 7) is 8.90. The number of benzene rings is 1. The first kappa shape index (κ1) is 21.0. The van der Waals surface area contributed by atoms with E-state index in [4.69, 9.17) is 21.7 Å². The molecule has 0 atom stereocenters. The summed E-state index contributed by atoms with van der Waals surface area (Å²) in [7, 11) is 0. The molecule has 0 aliphatic heterocycles. The third-order valence-electron chi connectivity index (χ3n) is 3.88. The molecule has 0 fully saturated rings. The third-order valence-corrected chi connectivity index (χ3v) is 4.20. The Bertz CT molecular complexity index is 918. The fraction of sp³-hybridized carbons (Fsp3) is 0.526. The van der Waals surface area contributed by atoms with Crippen LogP contribution in [0.3, 0.4) is 0 Å². The molecule has 2 N–H and O–H groups in total. The van der Waals surface area contributed by atoms with Crippen molar-refractivity contribution in [3.63, 3.8) is 0 Å². The average Bonchev–Trinajstić information content (AvgIpc) is 2.59. The van der Waals surface area contributed by atoms with E-state index in [1.54, 1.807) is 12.1 Å². The van der Waals surface area contributed by atoms with Crippen LogP contribution in [-0.2, 0) is 11.3 Å². The van der Waals surface area contributed by atoms with Crippen molar-refractivity contribution in [1.29, 1.82) is 0 Å². The topological polar surface area (TPSA) is 85.4 Å². The SMILES string of the molecule is CCOc1cc2[nH]c(=S)n(CCCC(=O)NC(C)C)c(=O)c2cc1OCC. The number of nitrogens with one attached hydrogen (secondary N) is 2. The monoisotopic (exact) mass is 393 g/mol. The first-order valence-electron chi connectivity index (χ1n) is 9.23. The molecule has 1 aromatic heterocycles. The number of ether oxygens (including phenoxy) is 2. The van der Waals surface area contributed by atoms with Crippen LogP contribution in [-0.4, -0.2) is 34.7 Å². The molecule has 0 saturated carbocycles. The van der Waals surface area contributed by atoms with Crippen LogP contribution in [0.1, 0.15) is 40.5 Å². The molecule has 2 rings (SSSR count). The van der Waals surface area contributed by atoms with Crippen molar-refractivity contribution in [3.8, 4) is 11.5 Å². The van der Waals surface area contributed by atoms with E-state index in [1.165, 1.54) is 4.57 Å². The normalized spacial score (nSPS) is 11.0. The standard InChI is InChI=1S/C19H27N3O4S/c1-5-25-15-10-13-14(11-16(15)26-6-2)21-19(27)22(18(13)24)9-7-8-17(23)20-12(3)4/h10-12H,5-9H2,1-4H3,(H,20,23)(H,21,27). The summed E-state index contributed by atoms with van der Waals surface area (Å²) in [5, 5.41) is 3.31. The van der Waals surface area contributed by atoms with Gasteiger partial charge in [0.1, 0.15) is 0 Å². The highest BCUT2D eigenvalue weighted by Gasteiger charge is 2.13. The number of aromatic nitrogens is 2. The lowest BCUT2D eigenvalue weighted by molar-refractivity contribution is -0.121. The fourth-order valence-electron chi connectivity index (χ4n) is 2.79. The number of fused-ring (bicyclic) bond motifs is 1. The highest BCUT2D eigenvalue weighted by atomic mass is 32.1. The van der Waals surface area contributed by atoms with Crippen LogP contribution in [0.5, 0.6) is 11.5 Å². The Balaban J connectivity index is 2.33. The Morgan fingerprint density at radius 2 is 1.85 bits per heavy atom. The number of rotatable bonds is 9. The molecule has 1 aromatic carbocycles. The van der Waals surface area contributed by atoms with Gasteiger partial charge >= 0.3 is 0 Å². The van der Waals surface area contributed by atoms with Crippen molar-refractivity contribution < 1.29 is 14.3 Å². The molecule has 0 unspecified atom stereocenters. The van der Waals surface area contributed by atoms with Crippen molar-refractivity contribution in [1.82, 2.24) is 14.9 Å². The summed E-state index contributed by atoms with van der Waals surface area (Å²) in [5.74, 6) is 1.06. The molecule has 2 aromatic rings. The van der Waals surface area contributed by atoms with Gasteiger partial charge < -0.3 is 19.8 Å². The average molecular weight is 394 g/mol. The highest BCUT2D eigenvalue weighted by molar-refractivity contribution is 7.71. The Morgan fingerprint density at radius 3 is 2.44 bits per heavy atom. The van der Waals surface area contributed by atoms with Gasteiger partial charge in [-0.15, -0.1) is 0 Å². The van der Waals surface area contributed by atoms with Gasteiger partial charge in [-0.2, -0.15) is 0 Å². The lowest BCUT2D eigenvalue weighted by atomic mass is 10.2. The van der Waals surface area contributed by atoms with Crippen LogP contribution in [0, 0.1) is 4.77 Å². The lowest BCUT2D eigenvalue weighted by Gasteiger charge is -2.13. The molecule has 0 aliphatic carbocycles. The van der Waals surface area contributed by atoms with Crippen molar-refractivity contribution in [2.75, 3.05) is 13.2 Å². The van der Waals surface area contributed by atoms with E-state index in [9.17, 15) is 9.59 Å². The van der Waals surface area contributed by atoms with Gasteiger partial charge in [-0.1, -0.05) is 0 Å². The van der Waals surface area contributed by atoms with Crippen LogP contribution in [0.25, 0.3) is 10.9 Å². The number of carbonyl (C=O) groups excluding carboxylic acids is 1. The number of amides is 1. The maximum absolute atomic E-state index is 12.9. The van der Waals surface area contributed by atoms with Crippen molar-refractivity contribution in [3.05, 3.63) is 27.3 Å². The van der Waals surface area contributed by atoms with Crippen molar-refractivity contribution >= 4 is 29.0 Å². The maximum Gasteiger partial charge on any atom is 0.262 e. The van der Waals surface area contributed by atoms with Crippen LogP contribution in [0.2, 0.25) is 0 Å². The molecule has 0 bridgehead atoms. The molecule has 148 valence electrons. The smallest absolute Gasteiger partial charge is 0.262 e. The summed E-state index contributed by atoms with van der Waals surface area (Å²) < 4.78 is 13.0. The zero-order valence-corrected chi connectivity index (χ0v) is 17.1. The van der Waals surface area contributed by atoms with Crippen molar-refractivity contribution in [2.45, 2.75) is 53.1 Å². The molecule has 27 heavy (non-hydrogen) atoms. The number of carbonyl (C=O) groups is 1. The molecule has 0 saturated heterocycles. The predicted molar refractivity (Wildman–Crippen MR) is 108 cm³/mol. The van der Waals surface area contributed by atoms with Gasteiger partial charge in [0.25, 0.3) is 5.56 Å². The zero-order chi connectivity index (χ0) is 20.0. The molecule has 0 aliphatic rings. The summed E-state index contributed by atoms with van der Waals surface area (Å²) in [6, 6.07) is 3.51. The van der Waals surface area contributed by atoms with Gasteiger partial charge in [-0.05, 0) is 52.4 Å². The molecule has 8 heteroatoms. The van der Waals surface area contributed by atoms with Gasteiger partial charge in [-0.3, -0.25) is 14.2 Å². The second-order valence-electron chi connectivity index (χ2n) is 6.42. The molecular formula is C19H27N3O4S. The highest BCUT2D eigenvalue weighted by Crippen LogP contribution is 2.30. The van der Waals surface area contributed by atoms with Gasteiger partial charge in [0.2, 0.25) is 5.91 Å². The number of H-pyrrole nitrogens is 1. The largest absolute Gasteiger partial charge is 0.490 e. The summed E-state index contributed by atoms with van der Waals surface area (Å²) in [5.41, 5.74) is 0.396. The van der Waals surface area contributed by atoms with Gasteiger partial charge in [-0.25, -0.2) is 0 Å². The minimum Gasteiger partial charge on any atom is -0.490 e. The molecule has 0 spiro atoms. The number of nitrogens with zero attached hydrogens (tertiary/aromatic N) is 1. The third kappa shape index (κ3) is 5.32. The molecule has 0 radical (unpaired) electrons. The molecule has 1 amide bonds. The first-order valence-corrected chi connectivity index (χ1v) is 9.64. The van der Waals surface area contributed by atoms with E-state index in [0.717, 1.165) is 0 Å². The van der Waals surface area contributed by atoms with E-state index in [2.05, 4.69) is 10.3 Å². The van der Waals surface area contributed by atoms with Gasteiger partial charge in [0.05, 0.1) is 24.1 Å². The lowest BCUT2D eigenvalue weighted by Crippen LogP contribution is -2.30. The second kappa shape index (κ2) is 9.55. The number of hydrogen-bond donors (Lipinski definition) is 2. The molecule has 7 nitrogen and oxygen atoms in total. The van der Waals surface area contributed by atoms with E-state index in [0.29, 0.717) is 59.8 Å². The minimum atomic E-state index is -0.206. The van der Waals surface area contributed by atoms with Gasteiger partial charge in [0.15, 0.2) is 16.3 Å².